The normalized spacial score (nSPS) is 21.3. The van der Waals surface area contributed by atoms with Gasteiger partial charge in [-0.1, -0.05) is 18.2 Å². The van der Waals surface area contributed by atoms with E-state index in [4.69, 9.17) is 9.47 Å². The molecule has 1 aromatic rings. The highest BCUT2D eigenvalue weighted by atomic mass is 16.5. The Morgan fingerprint density at radius 3 is 2.83 bits per heavy atom. The molecule has 18 heavy (non-hydrogen) atoms. The number of rotatable bonds is 4. The molecule has 0 bridgehead atoms. The topological polar surface area (TPSA) is 55.8 Å². The Balaban J connectivity index is 2.31. The van der Waals surface area contributed by atoms with Crippen molar-refractivity contribution in [3.63, 3.8) is 0 Å². The molecular weight excluding hydrogens is 232 g/mol. The Labute approximate surface area is 107 Å². The van der Waals surface area contributed by atoms with Crippen molar-refractivity contribution in [3.05, 3.63) is 29.8 Å². The van der Waals surface area contributed by atoms with Crippen LogP contribution in [0.5, 0.6) is 5.75 Å². The Morgan fingerprint density at radius 2 is 2.22 bits per heavy atom. The number of hydrogen-bond acceptors (Lipinski definition) is 3. The van der Waals surface area contributed by atoms with E-state index in [2.05, 4.69) is 0 Å². The van der Waals surface area contributed by atoms with Gasteiger partial charge < -0.3 is 14.6 Å². The smallest absolute Gasteiger partial charge is 0.313 e. The zero-order chi connectivity index (χ0) is 13.0. The van der Waals surface area contributed by atoms with Crippen LogP contribution in [-0.4, -0.2) is 30.9 Å². The molecule has 0 aromatic heterocycles. The molecule has 0 amide bonds. The van der Waals surface area contributed by atoms with Crippen molar-refractivity contribution in [1.82, 2.24) is 0 Å². The minimum Gasteiger partial charge on any atom is -0.496 e. The van der Waals surface area contributed by atoms with Crippen molar-refractivity contribution >= 4 is 5.97 Å². The van der Waals surface area contributed by atoms with Crippen molar-refractivity contribution in [1.29, 1.82) is 0 Å². The summed E-state index contributed by atoms with van der Waals surface area (Å²) in [5.74, 6) is -0.896. The van der Waals surface area contributed by atoms with Crippen LogP contribution in [0.25, 0.3) is 0 Å². The first-order valence-corrected chi connectivity index (χ1v) is 6.21. The molecule has 1 aliphatic heterocycles. The van der Waals surface area contributed by atoms with Gasteiger partial charge in [0, 0.05) is 12.2 Å². The number of methoxy groups -OCH3 is 1. The van der Waals surface area contributed by atoms with Gasteiger partial charge in [0.05, 0.1) is 13.2 Å². The number of carbonyl (C=O) groups is 1. The van der Waals surface area contributed by atoms with E-state index in [0.29, 0.717) is 17.9 Å². The first kappa shape index (κ1) is 12.9. The number of carboxylic acids is 1. The van der Waals surface area contributed by atoms with Crippen LogP contribution in [0.4, 0.5) is 0 Å². The van der Waals surface area contributed by atoms with Crippen molar-refractivity contribution < 1.29 is 19.4 Å². The van der Waals surface area contributed by atoms with Gasteiger partial charge in [-0.15, -0.1) is 0 Å². The number of benzene rings is 1. The fourth-order valence-electron chi connectivity index (χ4n) is 2.44. The second kappa shape index (κ2) is 5.87. The van der Waals surface area contributed by atoms with Crippen LogP contribution in [0.3, 0.4) is 0 Å². The van der Waals surface area contributed by atoms with Crippen LogP contribution in [0.1, 0.15) is 30.7 Å². The summed E-state index contributed by atoms with van der Waals surface area (Å²) in [6, 6.07) is 7.25. The van der Waals surface area contributed by atoms with Crippen molar-refractivity contribution in [2.45, 2.75) is 31.3 Å². The fraction of sp³-hybridized carbons (Fsp3) is 0.500. The van der Waals surface area contributed by atoms with Gasteiger partial charge in [-0.3, -0.25) is 4.79 Å². The second-order valence-electron chi connectivity index (χ2n) is 4.46. The molecule has 4 heteroatoms. The van der Waals surface area contributed by atoms with Gasteiger partial charge >= 0.3 is 5.97 Å². The first-order valence-electron chi connectivity index (χ1n) is 6.21. The largest absolute Gasteiger partial charge is 0.496 e. The monoisotopic (exact) mass is 250 g/mol. The Morgan fingerprint density at radius 1 is 1.44 bits per heavy atom. The SMILES string of the molecule is COc1ccccc1C(C(=O)O)C1CCCCO1. The van der Waals surface area contributed by atoms with Crippen molar-refractivity contribution in [3.8, 4) is 5.75 Å². The lowest BCUT2D eigenvalue weighted by Gasteiger charge is -2.28. The van der Waals surface area contributed by atoms with Crippen molar-refractivity contribution in [2.75, 3.05) is 13.7 Å². The van der Waals surface area contributed by atoms with Gasteiger partial charge in [0.1, 0.15) is 11.7 Å². The Kier molecular flexibility index (Phi) is 4.20. The fourth-order valence-corrected chi connectivity index (χ4v) is 2.44. The summed E-state index contributed by atoms with van der Waals surface area (Å²) in [6.45, 7) is 0.642. The molecule has 1 heterocycles. The lowest BCUT2D eigenvalue weighted by molar-refractivity contribution is -0.144. The van der Waals surface area contributed by atoms with Crippen LogP contribution in [0, 0.1) is 0 Å². The summed E-state index contributed by atoms with van der Waals surface area (Å²) in [5, 5.41) is 9.46. The van der Waals surface area contributed by atoms with Crippen LogP contribution < -0.4 is 4.74 Å². The predicted molar refractivity (Wildman–Crippen MR) is 67.0 cm³/mol. The predicted octanol–water partition coefficient (Wildman–Crippen LogP) is 2.43. The molecule has 0 aliphatic carbocycles. The van der Waals surface area contributed by atoms with Gasteiger partial charge in [-0.05, 0) is 25.3 Å². The van der Waals surface area contributed by atoms with Gasteiger partial charge in [0.15, 0.2) is 0 Å². The molecule has 4 nitrogen and oxygen atoms in total. The molecular formula is C14H18O4. The maximum absolute atomic E-state index is 11.5. The van der Waals surface area contributed by atoms with Gasteiger partial charge in [-0.25, -0.2) is 0 Å². The third-order valence-corrected chi connectivity index (χ3v) is 3.33. The lowest BCUT2D eigenvalue weighted by Crippen LogP contribution is -2.31. The van der Waals surface area contributed by atoms with E-state index in [1.165, 1.54) is 0 Å². The zero-order valence-electron chi connectivity index (χ0n) is 10.5. The van der Waals surface area contributed by atoms with Crippen LogP contribution in [0.2, 0.25) is 0 Å². The molecule has 2 atom stereocenters. The summed E-state index contributed by atoms with van der Waals surface area (Å²) >= 11 is 0. The minimum absolute atomic E-state index is 0.257. The standard InChI is InChI=1S/C14H18O4/c1-17-11-7-3-2-6-10(11)13(14(15)16)12-8-4-5-9-18-12/h2-3,6-7,12-13H,4-5,8-9H2,1H3,(H,15,16). The molecule has 98 valence electrons. The molecule has 1 N–H and O–H groups in total. The summed E-state index contributed by atoms with van der Waals surface area (Å²) in [4.78, 5) is 11.5. The average molecular weight is 250 g/mol. The highest BCUT2D eigenvalue weighted by Gasteiger charge is 2.33. The van der Waals surface area contributed by atoms with E-state index in [1.807, 2.05) is 12.1 Å². The molecule has 1 aromatic carbocycles. The molecule has 1 fully saturated rings. The van der Waals surface area contributed by atoms with E-state index in [-0.39, 0.29) is 6.10 Å². The second-order valence-corrected chi connectivity index (χ2v) is 4.46. The zero-order valence-corrected chi connectivity index (χ0v) is 10.5. The highest BCUT2D eigenvalue weighted by molar-refractivity contribution is 5.78. The van der Waals surface area contributed by atoms with E-state index < -0.39 is 11.9 Å². The number of carboxylic acid groups (broad SMARTS) is 1. The molecule has 0 spiro atoms. The molecule has 0 saturated carbocycles. The lowest BCUT2D eigenvalue weighted by atomic mass is 9.88. The van der Waals surface area contributed by atoms with E-state index in [1.54, 1.807) is 19.2 Å². The Bertz CT molecular complexity index is 410. The highest BCUT2D eigenvalue weighted by Crippen LogP contribution is 2.34. The molecule has 2 unspecified atom stereocenters. The third kappa shape index (κ3) is 2.64. The van der Waals surface area contributed by atoms with Gasteiger partial charge in [0.25, 0.3) is 0 Å². The summed E-state index contributed by atoms with van der Waals surface area (Å²) in [6.07, 6.45) is 2.56. The quantitative estimate of drug-likeness (QED) is 0.891. The third-order valence-electron chi connectivity index (χ3n) is 3.33. The summed E-state index contributed by atoms with van der Waals surface area (Å²) in [5.41, 5.74) is 0.694. The van der Waals surface area contributed by atoms with Crippen molar-refractivity contribution in [2.24, 2.45) is 0 Å². The number of hydrogen-bond donors (Lipinski definition) is 1. The maximum Gasteiger partial charge on any atom is 0.313 e. The molecule has 2 rings (SSSR count). The van der Waals surface area contributed by atoms with Crippen LogP contribution in [0.15, 0.2) is 24.3 Å². The number of para-hydroxylation sites is 1. The molecule has 0 radical (unpaired) electrons. The minimum atomic E-state index is -0.855. The van der Waals surface area contributed by atoms with Crippen LogP contribution in [-0.2, 0) is 9.53 Å². The summed E-state index contributed by atoms with van der Waals surface area (Å²) < 4.78 is 10.9. The van der Waals surface area contributed by atoms with E-state index in [0.717, 1.165) is 19.3 Å². The van der Waals surface area contributed by atoms with Gasteiger partial charge in [0.2, 0.25) is 0 Å². The average Bonchev–Trinajstić information content (AvgIpc) is 2.40. The molecule has 1 saturated heterocycles. The van der Waals surface area contributed by atoms with Gasteiger partial charge in [-0.2, -0.15) is 0 Å². The van der Waals surface area contributed by atoms with E-state index >= 15 is 0 Å². The Hall–Kier alpha value is -1.55. The first-order chi connectivity index (χ1) is 8.74. The number of ether oxygens (including phenoxy) is 2. The number of aliphatic carboxylic acids is 1. The molecule has 1 aliphatic rings. The van der Waals surface area contributed by atoms with E-state index in [9.17, 15) is 9.90 Å². The van der Waals surface area contributed by atoms with Crippen LogP contribution >= 0.6 is 0 Å². The maximum atomic E-state index is 11.5. The summed E-state index contributed by atoms with van der Waals surface area (Å²) in [7, 11) is 1.56.